The van der Waals surface area contributed by atoms with E-state index < -0.39 is 17.8 Å². The Hall–Kier alpha value is -3.94. The molecule has 0 bridgehead atoms. The first-order chi connectivity index (χ1) is 13.4. The van der Waals surface area contributed by atoms with Crippen LogP contribution in [-0.4, -0.2) is 30.4 Å². The summed E-state index contributed by atoms with van der Waals surface area (Å²) in [5.41, 5.74) is 2.06. The molecule has 1 aliphatic rings. The van der Waals surface area contributed by atoms with Crippen molar-refractivity contribution in [3.8, 4) is 5.75 Å². The van der Waals surface area contributed by atoms with Gasteiger partial charge in [-0.1, -0.05) is 30.3 Å². The van der Waals surface area contributed by atoms with E-state index in [9.17, 15) is 19.2 Å². The van der Waals surface area contributed by atoms with Crippen LogP contribution >= 0.6 is 0 Å². The van der Waals surface area contributed by atoms with Gasteiger partial charge in [0.15, 0.2) is 6.61 Å². The van der Waals surface area contributed by atoms with Gasteiger partial charge in [-0.3, -0.25) is 25.0 Å². The molecule has 0 atom stereocenters. The van der Waals surface area contributed by atoms with E-state index in [2.05, 4.69) is 5.32 Å². The maximum atomic E-state index is 12.0. The summed E-state index contributed by atoms with van der Waals surface area (Å²) in [4.78, 5) is 46.5. The Kier molecular flexibility index (Phi) is 5.50. The Balaban J connectivity index is 1.59. The standard InChI is InChI=1S/C20H17N3O5/c1-12-4-2-3-5-16(12)21-17(24)11-28-14-8-6-13(7-9-14)10-15-18(25)22-20(27)23-19(15)26/h2-10H,11H2,1H3,(H,21,24)(H2,22,23,25,26,27). The second-order valence-electron chi connectivity index (χ2n) is 6.02. The molecule has 0 unspecified atom stereocenters. The van der Waals surface area contributed by atoms with Gasteiger partial charge in [-0.05, 0) is 42.3 Å². The number of barbiturate groups is 1. The molecule has 8 heteroatoms. The molecule has 8 nitrogen and oxygen atoms in total. The molecule has 1 heterocycles. The summed E-state index contributed by atoms with van der Waals surface area (Å²) in [6, 6.07) is 13.0. The van der Waals surface area contributed by atoms with E-state index in [1.807, 2.05) is 35.8 Å². The van der Waals surface area contributed by atoms with Crippen molar-refractivity contribution in [2.24, 2.45) is 0 Å². The van der Waals surface area contributed by atoms with Crippen LogP contribution < -0.4 is 20.7 Å². The molecule has 0 saturated carbocycles. The molecule has 1 aliphatic heterocycles. The first-order valence-electron chi connectivity index (χ1n) is 8.39. The van der Waals surface area contributed by atoms with Gasteiger partial charge in [-0.2, -0.15) is 0 Å². The third kappa shape index (κ3) is 4.61. The van der Waals surface area contributed by atoms with E-state index in [-0.39, 0.29) is 18.1 Å². The highest BCUT2D eigenvalue weighted by Crippen LogP contribution is 2.16. The quantitative estimate of drug-likeness (QED) is 0.541. The smallest absolute Gasteiger partial charge is 0.328 e. The molecule has 3 N–H and O–H groups in total. The fraction of sp³-hybridized carbons (Fsp3) is 0.100. The van der Waals surface area contributed by atoms with Crippen molar-refractivity contribution >= 4 is 35.5 Å². The summed E-state index contributed by atoms with van der Waals surface area (Å²) in [6.07, 6.45) is 1.35. The topological polar surface area (TPSA) is 114 Å². The summed E-state index contributed by atoms with van der Waals surface area (Å²) < 4.78 is 5.45. The van der Waals surface area contributed by atoms with Gasteiger partial charge in [0.25, 0.3) is 17.7 Å². The van der Waals surface area contributed by atoms with Crippen molar-refractivity contribution in [1.82, 2.24) is 10.6 Å². The predicted molar refractivity (Wildman–Crippen MR) is 101 cm³/mol. The number of carbonyl (C=O) groups is 4. The monoisotopic (exact) mass is 379 g/mol. The van der Waals surface area contributed by atoms with Crippen LogP contribution in [0.4, 0.5) is 10.5 Å². The van der Waals surface area contributed by atoms with E-state index in [1.54, 1.807) is 30.3 Å². The Bertz CT molecular complexity index is 958. The normalized spacial score (nSPS) is 13.5. The molecule has 0 aliphatic carbocycles. The first kappa shape index (κ1) is 18.8. The SMILES string of the molecule is Cc1ccccc1NC(=O)COc1ccc(C=C2C(=O)NC(=O)NC2=O)cc1. The second-order valence-corrected chi connectivity index (χ2v) is 6.02. The number of aryl methyl sites for hydroxylation is 1. The number of carbonyl (C=O) groups excluding carboxylic acids is 4. The van der Waals surface area contributed by atoms with Gasteiger partial charge in [0.1, 0.15) is 11.3 Å². The number of anilines is 1. The highest BCUT2D eigenvalue weighted by Gasteiger charge is 2.27. The van der Waals surface area contributed by atoms with Crippen LogP contribution in [0.5, 0.6) is 5.75 Å². The fourth-order valence-electron chi connectivity index (χ4n) is 2.48. The number of rotatable bonds is 5. The summed E-state index contributed by atoms with van der Waals surface area (Å²) in [5, 5.41) is 6.77. The van der Waals surface area contributed by atoms with Crippen LogP contribution in [0, 0.1) is 6.92 Å². The molecule has 2 aromatic carbocycles. The van der Waals surface area contributed by atoms with E-state index in [4.69, 9.17) is 4.74 Å². The third-order valence-electron chi connectivity index (χ3n) is 3.92. The maximum absolute atomic E-state index is 12.0. The highest BCUT2D eigenvalue weighted by molar-refractivity contribution is 6.31. The lowest BCUT2D eigenvalue weighted by Gasteiger charge is -2.14. The third-order valence-corrected chi connectivity index (χ3v) is 3.92. The number of imide groups is 2. The van der Waals surface area contributed by atoms with Crippen LogP contribution in [0.15, 0.2) is 54.1 Å². The van der Waals surface area contributed by atoms with E-state index in [0.29, 0.717) is 11.3 Å². The molecular weight excluding hydrogens is 362 g/mol. The Morgan fingerprint density at radius 3 is 2.29 bits per heavy atom. The molecule has 0 spiro atoms. The zero-order valence-corrected chi connectivity index (χ0v) is 14.9. The van der Waals surface area contributed by atoms with Crippen molar-refractivity contribution in [1.29, 1.82) is 0 Å². The van der Waals surface area contributed by atoms with Crippen LogP contribution in [0.25, 0.3) is 6.08 Å². The first-order valence-corrected chi connectivity index (χ1v) is 8.39. The van der Waals surface area contributed by atoms with Crippen molar-refractivity contribution < 1.29 is 23.9 Å². The van der Waals surface area contributed by atoms with Crippen LogP contribution in [-0.2, 0) is 14.4 Å². The molecular formula is C20H17N3O5. The summed E-state index contributed by atoms with van der Waals surface area (Å²) in [5.74, 6) is -1.36. The number of hydrogen-bond donors (Lipinski definition) is 3. The van der Waals surface area contributed by atoms with E-state index in [1.165, 1.54) is 6.08 Å². The molecule has 0 radical (unpaired) electrons. The lowest BCUT2D eigenvalue weighted by molar-refractivity contribution is -0.124. The van der Waals surface area contributed by atoms with Crippen LogP contribution in [0.2, 0.25) is 0 Å². The molecule has 2 aromatic rings. The van der Waals surface area contributed by atoms with Gasteiger partial charge in [0.2, 0.25) is 0 Å². The minimum Gasteiger partial charge on any atom is -0.484 e. The van der Waals surface area contributed by atoms with E-state index in [0.717, 1.165) is 11.3 Å². The van der Waals surface area contributed by atoms with Gasteiger partial charge in [-0.25, -0.2) is 4.79 Å². The second kappa shape index (κ2) is 8.17. The van der Waals surface area contributed by atoms with Gasteiger partial charge in [0.05, 0.1) is 0 Å². The minimum absolute atomic E-state index is 0.165. The summed E-state index contributed by atoms with van der Waals surface area (Å²) in [6.45, 7) is 1.73. The molecule has 1 saturated heterocycles. The van der Waals surface area contributed by atoms with Gasteiger partial charge in [0, 0.05) is 5.69 Å². The fourth-order valence-corrected chi connectivity index (χ4v) is 2.48. The number of para-hydroxylation sites is 1. The lowest BCUT2D eigenvalue weighted by Crippen LogP contribution is -2.51. The Morgan fingerprint density at radius 2 is 1.64 bits per heavy atom. The molecule has 28 heavy (non-hydrogen) atoms. The van der Waals surface area contributed by atoms with Gasteiger partial charge < -0.3 is 10.1 Å². The Labute approximate surface area is 160 Å². The largest absolute Gasteiger partial charge is 0.484 e. The number of benzene rings is 2. The number of urea groups is 1. The van der Waals surface area contributed by atoms with Crippen LogP contribution in [0.3, 0.4) is 0 Å². The molecule has 0 aromatic heterocycles. The van der Waals surface area contributed by atoms with Gasteiger partial charge >= 0.3 is 6.03 Å². The zero-order valence-electron chi connectivity index (χ0n) is 14.9. The van der Waals surface area contributed by atoms with Crippen LogP contribution in [0.1, 0.15) is 11.1 Å². The molecule has 5 amide bonds. The van der Waals surface area contributed by atoms with Gasteiger partial charge in [-0.15, -0.1) is 0 Å². The van der Waals surface area contributed by atoms with Crippen molar-refractivity contribution in [2.75, 3.05) is 11.9 Å². The summed E-state index contributed by atoms with van der Waals surface area (Å²) in [7, 11) is 0. The zero-order chi connectivity index (χ0) is 20.1. The average molecular weight is 379 g/mol. The molecule has 142 valence electrons. The minimum atomic E-state index is -0.847. The number of hydrogen-bond acceptors (Lipinski definition) is 5. The average Bonchev–Trinajstić information content (AvgIpc) is 2.66. The molecule has 1 fully saturated rings. The number of ether oxygens (including phenoxy) is 1. The number of nitrogens with one attached hydrogen (secondary N) is 3. The number of amides is 5. The van der Waals surface area contributed by atoms with Crippen molar-refractivity contribution in [3.63, 3.8) is 0 Å². The predicted octanol–water partition coefficient (Wildman–Crippen LogP) is 1.76. The van der Waals surface area contributed by atoms with Crippen molar-refractivity contribution in [2.45, 2.75) is 6.92 Å². The highest BCUT2D eigenvalue weighted by atomic mass is 16.5. The molecule has 3 rings (SSSR count). The Morgan fingerprint density at radius 1 is 1.00 bits per heavy atom. The summed E-state index contributed by atoms with van der Waals surface area (Å²) >= 11 is 0. The van der Waals surface area contributed by atoms with E-state index >= 15 is 0 Å². The van der Waals surface area contributed by atoms with Crippen molar-refractivity contribution in [3.05, 3.63) is 65.2 Å². The maximum Gasteiger partial charge on any atom is 0.328 e. The lowest BCUT2D eigenvalue weighted by atomic mass is 10.1.